The number of hydrogen-bond donors (Lipinski definition) is 2. The number of hydrogen-bond acceptors (Lipinski definition) is 6. The van der Waals surface area contributed by atoms with E-state index in [2.05, 4.69) is 0 Å². The highest BCUT2D eigenvalue weighted by Crippen LogP contribution is 2.26. The van der Waals surface area contributed by atoms with Gasteiger partial charge < -0.3 is 14.6 Å². The van der Waals surface area contributed by atoms with Gasteiger partial charge in [0.2, 0.25) is 5.88 Å². The first-order chi connectivity index (χ1) is 14.3. The van der Waals surface area contributed by atoms with Crippen molar-refractivity contribution < 1.29 is 23.8 Å². The van der Waals surface area contributed by atoms with Crippen LogP contribution in [-0.4, -0.2) is 34.7 Å². The van der Waals surface area contributed by atoms with E-state index in [1.165, 1.54) is 32.4 Å². The maximum atomic E-state index is 13.2. The van der Waals surface area contributed by atoms with E-state index in [9.17, 15) is 23.9 Å². The molecular formula is C21H17FN2O6. The molecule has 2 aromatic carbocycles. The molecule has 30 heavy (non-hydrogen) atoms. The Morgan fingerprint density at radius 3 is 2.43 bits per heavy atom. The van der Waals surface area contributed by atoms with Crippen LogP contribution in [0.15, 0.2) is 58.1 Å². The first-order valence-corrected chi connectivity index (χ1v) is 8.64. The molecule has 3 rings (SSSR count). The molecule has 0 saturated carbocycles. The van der Waals surface area contributed by atoms with Crippen LogP contribution < -0.4 is 20.7 Å². The van der Waals surface area contributed by atoms with Gasteiger partial charge in [0.05, 0.1) is 19.9 Å². The van der Waals surface area contributed by atoms with E-state index in [0.29, 0.717) is 21.6 Å². The number of aromatic nitrogens is 2. The predicted molar refractivity (Wildman–Crippen MR) is 107 cm³/mol. The van der Waals surface area contributed by atoms with Gasteiger partial charge in [0, 0.05) is 11.6 Å². The van der Waals surface area contributed by atoms with E-state index in [-0.39, 0.29) is 5.69 Å². The quantitative estimate of drug-likeness (QED) is 0.475. The molecule has 9 heteroatoms. The molecule has 0 unspecified atom stereocenters. The largest absolute Gasteiger partial charge is 0.497 e. The smallest absolute Gasteiger partial charge is 0.335 e. The highest BCUT2D eigenvalue weighted by Gasteiger charge is 2.20. The molecule has 0 radical (unpaired) electrons. The summed E-state index contributed by atoms with van der Waals surface area (Å²) in [5.74, 6) is -1.28. The van der Waals surface area contributed by atoms with Gasteiger partial charge in [-0.2, -0.15) is 0 Å². The van der Waals surface area contributed by atoms with Crippen molar-refractivity contribution in [2.24, 2.45) is 0 Å². The third-order valence-corrected chi connectivity index (χ3v) is 4.27. The van der Waals surface area contributed by atoms with Crippen molar-refractivity contribution in [3.05, 3.63) is 86.3 Å². The molecule has 154 valence electrons. The van der Waals surface area contributed by atoms with Gasteiger partial charge in [0.1, 0.15) is 22.9 Å². The number of nitrogens with one attached hydrogen (secondary N) is 1. The number of methoxy groups -OCH3 is 2. The first-order valence-electron chi connectivity index (χ1n) is 8.64. The van der Waals surface area contributed by atoms with Gasteiger partial charge in [-0.25, -0.2) is 13.8 Å². The molecule has 0 aliphatic heterocycles. The molecule has 1 heterocycles. The van der Waals surface area contributed by atoms with Crippen LogP contribution in [0.2, 0.25) is 0 Å². The summed E-state index contributed by atoms with van der Waals surface area (Å²) in [5.41, 5.74) is -2.06. The Hall–Kier alpha value is -4.14. The summed E-state index contributed by atoms with van der Waals surface area (Å²) < 4.78 is 24.2. The molecule has 0 aliphatic carbocycles. The van der Waals surface area contributed by atoms with Crippen molar-refractivity contribution in [1.29, 1.82) is 0 Å². The lowest BCUT2D eigenvalue weighted by Crippen LogP contribution is -2.32. The van der Waals surface area contributed by atoms with Gasteiger partial charge >= 0.3 is 5.69 Å². The van der Waals surface area contributed by atoms with E-state index in [1.807, 2.05) is 4.98 Å². The molecule has 3 aromatic rings. The number of ether oxygens (including phenoxy) is 2. The van der Waals surface area contributed by atoms with E-state index < -0.39 is 34.3 Å². The molecule has 0 saturated heterocycles. The lowest BCUT2D eigenvalue weighted by Gasteiger charge is -2.10. The number of aromatic amines is 1. The second-order valence-corrected chi connectivity index (χ2v) is 6.08. The zero-order valence-electron chi connectivity index (χ0n) is 16.0. The predicted octanol–water partition coefficient (Wildman–Crippen LogP) is 2.28. The van der Waals surface area contributed by atoms with Crippen LogP contribution in [0.3, 0.4) is 0 Å². The Labute approximate surface area is 169 Å². The average molecular weight is 412 g/mol. The number of H-pyrrole nitrogens is 1. The molecular weight excluding hydrogens is 395 g/mol. The van der Waals surface area contributed by atoms with Crippen LogP contribution in [0.5, 0.6) is 17.4 Å². The summed E-state index contributed by atoms with van der Waals surface area (Å²) in [6.45, 7) is 0. The number of allylic oxidation sites excluding steroid dienone is 1. The Balaban J connectivity index is 2.04. The van der Waals surface area contributed by atoms with Crippen LogP contribution >= 0.6 is 0 Å². The van der Waals surface area contributed by atoms with E-state index >= 15 is 0 Å². The molecule has 0 atom stereocenters. The van der Waals surface area contributed by atoms with Gasteiger partial charge in [-0.1, -0.05) is 0 Å². The third-order valence-electron chi connectivity index (χ3n) is 4.27. The van der Waals surface area contributed by atoms with Crippen molar-refractivity contribution in [2.75, 3.05) is 14.2 Å². The molecule has 0 aliphatic rings. The Morgan fingerprint density at radius 2 is 1.80 bits per heavy atom. The fourth-order valence-corrected chi connectivity index (χ4v) is 2.78. The van der Waals surface area contributed by atoms with E-state index in [4.69, 9.17) is 9.47 Å². The van der Waals surface area contributed by atoms with Gasteiger partial charge in [-0.15, -0.1) is 0 Å². The van der Waals surface area contributed by atoms with Gasteiger partial charge in [0.25, 0.3) is 5.56 Å². The maximum Gasteiger partial charge on any atom is 0.335 e. The molecule has 2 N–H and O–H groups in total. The highest BCUT2D eigenvalue weighted by molar-refractivity contribution is 6.08. The van der Waals surface area contributed by atoms with Crippen molar-refractivity contribution in [3.8, 4) is 23.1 Å². The monoisotopic (exact) mass is 412 g/mol. The standard InChI is InChI=1S/C21H17FN2O6/c1-29-15-9-3-12(17(11-15)30-2)4-10-16(25)18-19(26)23-21(28)24(20(18)27)14-7-5-13(22)6-8-14/h3-11,27H,1-2H3,(H,23,26,28). The summed E-state index contributed by atoms with van der Waals surface area (Å²) in [7, 11) is 2.95. The van der Waals surface area contributed by atoms with Gasteiger partial charge in [-0.05, 0) is 48.6 Å². The average Bonchev–Trinajstić information content (AvgIpc) is 2.73. The number of nitrogens with zero attached hydrogens (tertiary/aromatic N) is 1. The molecule has 0 bridgehead atoms. The molecule has 0 amide bonds. The van der Waals surface area contributed by atoms with Crippen LogP contribution in [0.1, 0.15) is 15.9 Å². The molecule has 0 fully saturated rings. The molecule has 0 spiro atoms. The number of ketones is 1. The minimum atomic E-state index is -1.05. The zero-order chi connectivity index (χ0) is 21.8. The van der Waals surface area contributed by atoms with E-state index in [1.54, 1.807) is 18.2 Å². The summed E-state index contributed by atoms with van der Waals surface area (Å²) in [5, 5.41) is 10.5. The zero-order valence-corrected chi connectivity index (χ0v) is 16.0. The fraction of sp³-hybridized carbons (Fsp3) is 0.0952. The second kappa shape index (κ2) is 8.48. The topological polar surface area (TPSA) is 111 Å². The first kappa shape index (κ1) is 20.6. The van der Waals surface area contributed by atoms with E-state index in [0.717, 1.165) is 18.2 Å². The summed E-state index contributed by atoms with van der Waals surface area (Å²) in [4.78, 5) is 38.9. The Bertz CT molecular complexity index is 1240. The molecule has 1 aromatic heterocycles. The number of halogens is 1. The minimum Gasteiger partial charge on any atom is -0.497 e. The number of rotatable bonds is 6. The van der Waals surface area contributed by atoms with Crippen molar-refractivity contribution in [1.82, 2.24) is 9.55 Å². The van der Waals surface area contributed by atoms with Gasteiger partial charge in [-0.3, -0.25) is 14.6 Å². The van der Waals surface area contributed by atoms with Crippen LogP contribution in [0.25, 0.3) is 11.8 Å². The van der Waals surface area contributed by atoms with Crippen LogP contribution in [0, 0.1) is 5.82 Å². The summed E-state index contributed by atoms with van der Waals surface area (Å²) >= 11 is 0. The number of carbonyl (C=O) groups excluding carboxylic acids is 1. The lowest BCUT2D eigenvalue weighted by molar-refractivity contribution is 0.104. The Morgan fingerprint density at radius 1 is 1.10 bits per heavy atom. The minimum absolute atomic E-state index is 0.0741. The highest BCUT2D eigenvalue weighted by atomic mass is 19.1. The van der Waals surface area contributed by atoms with Crippen molar-refractivity contribution >= 4 is 11.9 Å². The lowest BCUT2D eigenvalue weighted by atomic mass is 10.1. The number of carbonyl (C=O) groups is 1. The number of aromatic hydroxyl groups is 1. The normalized spacial score (nSPS) is 10.9. The van der Waals surface area contributed by atoms with Crippen LogP contribution in [-0.2, 0) is 0 Å². The SMILES string of the molecule is COc1ccc(C=CC(=O)c2c(O)n(-c3ccc(F)cc3)c(=O)[nH]c2=O)c(OC)c1. The summed E-state index contributed by atoms with van der Waals surface area (Å²) in [6.07, 6.45) is 2.46. The van der Waals surface area contributed by atoms with Crippen molar-refractivity contribution in [3.63, 3.8) is 0 Å². The fourth-order valence-electron chi connectivity index (χ4n) is 2.78. The summed E-state index contributed by atoms with van der Waals surface area (Å²) in [6, 6.07) is 9.51. The maximum absolute atomic E-state index is 13.2. The van der Waals surface area contributed by atoms with Crippen molar-refractivity contribution in [2.45, 2.75) is 0 Å². The third kappa shape index (κ3) is 4.00. The molecule has 8 nitrogen and oxygen atoms in total. The van der Waals surface area contributed by atoms with Crippen LogP contribution in [0.4, 0.5) is 4.39 Å². The second-order valence-electron chi connectivity index (χ2n) is 6.08. The van der Waals surface area contributed by atoms with Gasteiger partial charge in [0.15, 0.2) is 5.78 Å². The number of benzene rings is 2. The Kier molecular flexibility index (Phi) is 5.82.